The van der Waals surface area contributed by atoms with E-state index in [0.29, 0.717) is 0 Å². The van der Waals surface area contributed by atoms with Crippen molar-refractivity contribution in [3.63, 3.8) is 0 Å². The highest BCUT2D eigenvalue weighted by Gasteiger charge is 2.29. The van der Waals surface area contributed by atoms with E-state index in [0.717, 1.165) is 32.5 Å². The summed E-state index contributed by atoms with van der Waals surface area (Å²) in [7, 11) is 0. The molecule has 78 valence electrons. The highest BCUT2D eigenvalue weighted by molar-refractivity contribution is 4.81. The average Bonchev–Trinajstić information content (AvgIpc) is 2.04. The minimum Gasteiger partial charge on any atom is -0.353 e. The lowest BCUT2D eigenvalue weighted by molar-refractivity contribution is -0.201. The number of ether oxygens (including phenoxy) is 2. The van der Waals surface area contributed by atoms with Gasteiger partial charge in [0.15, 0.2) is 6.29 Å². The maximum atomic E-state index is 5.86. The molecule has 0 saturated carbocycles. The molecule has 0 aliphatic carbocycles. The van der Waals surface area contributed by atoms with E-state index < -0.39 is 0 Å². The summed E-state index contributed by atoms with van der Waals surface area (Å²) in [5.41, 5.74) is 0.0137. The number of piperidine rings is 1. The molecular weight excluding hydrogens is 166 g/mol. The van der Waals surface area contributed by atoms with E-state index in [9.17, 15) is 0 Å². The van der Waals surface area contributed by atoms with Gasteiger partial charge in [-0.05, 0) is 46.7 Å². The third kappa shape index (κ3) is 3.63. The molecule has 1 atom stereocenters. The maximum absolute atomic E-state index is 5.86. The molecule has 0 aromatic heterocycles. The molecule has 3 nitrogen and oxygen atoms in total. The second kappa shape index (κ2) is 4.94. The molecule has 1 rings (SSSR count). The van der Waals surface area contributed by atoms with Crippen LogP contribution in [0.15, 0.2) is 0 Å². The van der Waals surface area contributed by atoms with E-state index in [1.54, 1.807) is 0 Å². The molecule has 1 aliphatic heterocycles. The molecule has 0 aromatic carbocycles. The van der Waals surface area contributed by atoms with Crippen LogP contribution in [0.1, 0.15) is 33.6 Å². The van der Waals surface area contributed by atoms with Gasteiger partial charge >= 0.3 is 0 Å². The van der Waals surface area contributed by atoms with Crippen molar-refractivity contribution >= 4 is 0 Å². The summed E-state index contributed by atoms with van der Waals surface area (Å²) in [6.07, 6.45) is 2.07. The summed E-state index contributed by atoms with van der Waals surface area (Å²) in [6, 6.07) is 0. The van der Waals surface area contributed by atoms with Gasteiger partial charge in [-0.25, -0.2) is 0 Å². The minimum absolute atomic E-state index is 0.0137. The molecule has 0 bridgehead atoms. The number of rotatable bonds is 4. The first kappa shape index (κ1) is 11.0. The Labute approximate surface area is 80.8 Å². The van der Waals surface area contributed by atoms with Crippen molar-refractivity contribution in [2.24, 2.45) is 0 Å². The van der Waals surface area contributed by atoms with Gasteiger partial charge in [-0.3, -0.25) is 0 Å². The lowest BCUT2D eigenvalue weighted by Crippen LogP contribution is -2.43. The molecule has 0 amide bonds. The van der Waals surface area contributed by atoms with Crippen molar-refractivity contribution in [1.82, 2.24) is 5.32 Å². The van der Waals surface area contributed by atoms with Gasteiger partial charge in [0.05, 0.1) is 5.60 Å². The van der Waals surface area contributed by atoms with Gasteiger partial charge in [0.25, 0.3) is 0 Å². The SMILES string of the molecule is CCOC(C)OC1(C)CCNCC1. The Balaban J connectivity index is 2.31. The third-order valence-electron chi connectivity index (χ3n) is 2.51. The molecule has 0 aromatic rings. The fourth-order valence-electron chi connectivity index (χ4n) is 1.74. The van der Waals surface area contributed by atoms with E-state index >= 15 is 0 Å². The van der Waals surface area contributed by atoms with Crippen LogP contribution in [-0.4, -0.2) is 31.6 Å². The molecule has 13 heavy (non-hydrogen) atoms. The van der Waals surface area contributed by atoms with Crippen LogP contribution < -0.4 is 5.32 Å². The third-order valence-corrected chi connectivity index (χ3v) is 2.51. The van der Waals surface area contributed by atoms with Crippen LogP contribution in [0.25, 0.3) is 0 Å². The van der Waals surface area contributed by atoms with Gasteiger partial charge in [0, 0.05) is 6.61 Å². The van der Waals surface area contributed by atoms with Gasteiger partial charge in [-0.1, -0.05) is 0 Å². The van der Waals surface area contributed by atoms with Crippen LogP contribution in [0.5, 0.6) is 0 Å². The molecule has 1 aliphatic rings. The molecular formula is C10H21NO2. The zero-order chi connectivity index (χ0) is 9.73. The molecule has 1 saturated heterocycles. The zero-order valence-electron chi connectivity index (χ0n) is 8.93. The van der Waals surface area contributed by atoms with Gasteiger partial charge in [0.2, 0.25) is 0 Å². The monoisotopic (exact) mass is 187 g/mol. The standard InChI is InChI=1S/C10H21NO2/c1-4-12-9(2)13-10(3)5-7-11-8-6-10/h9,11H,4-8H2,1-3H3. The quantitative estimate of drug-likeness (QED) is 0.677. The fraction of sp³-hybridized carbons (Fsp3) is 1.00. The van der Waals surface area contributed by atoms with Crippen molar-refractivity contribution in [1.29, 1.82) is 0 Å². The van der Waals surface area contributed by atoms with Crippen LogP contribution in [0.3, 0.4) is 0 Å². The first-order valence-corrected chi connectivity index (χ1v) is 5.16. The summed E-state index contributed by atoms with van der Waals surface area (Å²) in [5, 5.41) is 3.32. The topological polar surface area (TPSA) is 30.5 Å². The summed E-state index contributed by atoms with van der Waals surface area (Å²) < 4.78 is 11.2. The first-order valence-electron chi connectivity index (χ1n) is 5.16. The second-order valence-corrected chi connectivity index (χ2v) is 3.84. The Morgan fingerprint density at radius 2 is 2.00 bits per heavy atom. The normalized spacial score (nSPS) is 24.2. The van der Waals surface area contributed by atoms with Gasteiger partial charge in [-0.2, -0.15) is 0 Å². The van der Waals surface area contributed by atoms with Crippen LogP contribution in [0, 0.1) is 0 Å². The minimum atomic E-state index is -0.0758. The van der Waals surface area contributed by atoms with Crippen LogP contribution in [-0.2, 0) is 9.47 Å². The molecule has 3 heteroatoms. The highest BCUT2D eigenvalue weighted by atomic mass is 16.7. The van der Waals surface area contributed by atoms with Gasteiger partial charge < -0.3 is 14.8 Å². The predicted octanol–water partition coefficient (Wildman–Crippen LogP) is 1.53. The smallest absolute Gasteiger partial charge is 0.155 e. The van der Waals surface area contributed by atoms with Gasteiger partial charge in [-0.15, -0.1) is 0 Å². The average molecular weight is 187 g/mol. The molecule has 1 heterocycles. The van der Waals surface area contributed by atoms with Crippen LogP contribution in [0.4, 0.5) is 0 Å². The van der Waals surface area contributed by atoms with E-state index in [1.807, 2.05) is 13.8 Å². The molecule has 1 unspecified atom stereocenters. The van der Waals surface area contributed by atoms with Crippen LogP contribution in [0.2, 0.25) is 0 Å². The van der Waals surface area contributed by atoms with E-state index in [1.165, 1.54) is 0 Å². The van der Waals surface area contributed by atoms with E-state index in [-0.39, 0.29) is 11.9 Å². The fourth-order valence-corrected chi connectivity index (χ4v) is 1.74. The van der Waals surface area contributed by atoms with E-state index in [2.05, 4.69) is 12.2 Å². The number of nitrogens with one attached hydrogen (secondary N) is 1. The maximum Gasteiger partial charge on any atom is 0.155 e. The van der Waals surface area contributed by atoms with Crippen molar-refractivity contribution in [3.05, 3.63) is 0 Å². The Morgan fingerprint density at radius 3 is 2.54 bits per heavy atom. The lowest BCUT2D eigenvalue weighted by Gasteiger charge is -2.36. The molecule has 1 fully saturated rings. The summed E-state index contributed by atoms with van der Waals surface area (Å²) in [6.45, 7) is 8.95. The van der Waals surface area contributed by atoms with Crippen molar-refractivity contribution in [2.75, 3.05) is 19.7 Å². The second-order valence-electron chi connectivity index (χ2n) is 3.84. The van der Waals surface area contributed by atoms with Crippen molar-refractivity contribution in [3.8, 4) is 0 Å². The number of hydrogen-bond acceptors (Lipinski definition) is 3. The van der Waals surface area contributed by atoms with Crippen LogP contribution >= 0.6 is 0 Å². The lowest BCUT2D eigenvalue weighted by atomic mass is 9.94. The van der Waals surface area contributed by atoms with Crippen molar-refractivity contribution < 1.29 is 9.47 Å². The van der Waals surface area contributed by atoms with E-state index in [4.69, 9.17) is 9.47 Å². The Bertz CT molecular complexity index is 144. The van der Waals surface area contributed by atoms with Crippen molar-refractivity contribution in [2.45, 2.75) is 45.5 Å². The summed E-state index contributed by atoms with van der Waals surface area (Å²) in [4.78, 5) is 0. The summed E-state index contributed by atoms with van der Waals surface area (Å²) in [5.74, 6) is 0. The largest absolute Gasteiger partial charge is 0.353 e. The molecule has 0 spiro atoms. The Kier molecular flexibility index (Phi) is 4.16. The first-order chi connectivity index (χ1) is 6.16. The summed E-state index contributed by atoms with van der Waals surface area (Å²) >= 11 is 0. The van der Waals surface area contributed by atoms with Gasteiger partial charge in [0.1, 0.15) is 0 Å². The molecule has 1 N–H and O–H groups in total. The Hall–Kier alpha value is -0.120. The Morgan fingerprint density at radius 1 is 1.38 bits per heavy atom. The number of hydrogen-bond donors (Lipinski definition) is 1. The predicted molar refractivity (Wildman–Crippen MR) is 52.7 cm³/mol. The zero-order valence-corrected chi connectivity index (χ0v) is 8.93. The molecule has 0 radical (unpaired) electrons. The highest BCUT2D eigenvalue weighted by Crippen LogP contribution is 2.24.